The van der Waals surface area contributed by atoms with E-state index in [0.717, 1.165) is 10.0 Å². The van der Waals surface area contributed by atoms with Gasteiger partial charge in [-0.15, -0.1) is 0 Å². The number of carbonyl (C=O) groups is 1. The van der Waals surface area contributed by atoms with Gasteiger partial charge in [-0.25, -0.2) is 0 Å². The van der Waals surface area contributed by atoms with Crippen LogP contribution in [0.3, 0.4) is 0 Å². The fraction of sp³-hybridized carbons (Fsp3) is 0.222. The Morgan fingerprint density at radius 1 is 1.54 bits per heavy atom. The van der Waals surface area contributed by atoms with Gasteiger partial charge in [0.15, 0.2) is 0 Å². The Morgan fingerprint density at radius 3 is 2.85 bits per heavy atom. The lowest BCUT2D eigenvalue weighted by Crippen LogP contribution is -2.15. The molecule has 0 aliphatic heterocycles. The predicted octanol–water partition coefficient (Wildman–Crippen LogP) is 3.36. The molecule has 0 unspecified atom stereocenters. The van der Waals surface area contributed by atoms with Crippen LogP contribution >= 0.6 is 31.9 Å². The van der Waals surface area contributed by atoms with E-state index in [4.69, 9.17) is 0 Å². The Hall–Kier alpha value is -0.350. The van der Waals surface area contributed by atoms with Gasteiger partial charge in [-0.1, -0.05) is 22.0 Å². The third-order valence-corrected chi connectivity index (χ3v) is 2.50. The van der Waals surface area contributed by atoms with E-state index in [1.165, 1.54) is 5.56 Å². The number of aryl methyl sites for hydroxylation is 1. The van der Waals surface area contributed by atoms with Gasteiger partial charge < -0.3 is 5.32 Å². The van der Waals surface area contributed by atoms with Crippen molar-refractivity contribution in [3.63, 3.8) is 0 Å². The molecule has 0 aromatic heterocycles. The third kappa shape index (κ3) is 3.48. The average Bonchev–Trinajstić information content (AvgIpc) is 2.06. The van der Waals surface area contributed by atoms with Crippen molar-refractivity contribution in [1.29, 1.82) is 0 Å². The topological polar surface area (TPSA) is 29.1 Å². The molecule has 0 aliphatic rings. The molecule has 1 amide bonds. The van der Waals surface area contributed by atoms with Crippen molar-refractivity contribution in [3.8, 4) is 0 Å². The second kappa shape index (κ2) is 4.77. The lowest BCUT2D eigenvalue weighted by atomic mass is 10.1. The van der Waals surface area contributed by atoms with Gasteiger partial charge in [0, 0.05) is 26.9 Å². The van der Waals surface area contributed by atoms with E-state index in [9.17, 15) is 4.79 Å². The number of benzene rings is 1. The maximum absolute atomic E-state index is 10.6. The van der Waals surface area contributed by atoms with Crippen LogP contribution in [0, 0.1) is 6.92 Å². The van der Waals surface area contributed by atoms with Crippen molar-refractivity contribution in [2.24, 2.45) is 0 Å². The molecule has 0 saturated heterocycles. The lowest BCUT2D eigenvalue weighted by Gasteiger charge is -2.05. The van der Waals surface area contributed by atoms with Gasteiger partial charge >= 0.3 is 0 Å². The largest absolute Gasteiger partial charge is 0.343 e. The standard InChI is InChI=1S/C9H9Br2NO/c1-6-2-3-8(10)4-7(6)5-12-9(11)13/h2-4H,5H2,1H3,(H,12,13). The summed E-state index contributed by atoms with van der Waals surface area (Å²) in [5.41, 5.74) is 2.28. The molecular formula is C9H9Br2NO. The fourth-order valence-corrected chi connectivity index (χ4v) is 1.54. The summed E-state index contributed by atoms with van der Waals surface area (Å²) in [6, 6.07) is 5.99. The van der Waals surface area contributed by atoms with E-state index >= 15 is 0 Å². The number of carbonyl (C=O) groups excluding carboxylic acids is 1. The van der Waals surface area contributed by atoms with Gasteiger partial charge in [0.05, 0.1) is 0 Å². The fourth-order valence-electron chi connectivity index (χ4n) is 0.995. The molecule has 1 rings (SSSR count). The second-order valence-corrected chi connectivity index (χ2v) is 4.33. The Kier molecular flexibility index (Phi) is 3.93. The third-order valence-electron chi connectivity index (χ3n) is 1.73. The van der Waals surface area contributed by atoms with Crippen molar-refractivity contribution in [2.45, 2.75) is 13.5 Å². The number of amides is 1. The number of rotatable bonds is 2. The molecule has 1 N–H and O–H groups in total. The van der Waals surface area contributed by atoms with E-state index in [2.05, 4.69) is 37.2 Å². The Labute approximate surface area is 94.0 Å². The first kappa shape index (κ1) is 10.7. The average molecular weight is 307 g/mol. The zero-order chi connectivity index (χ0) is 9.84. The highest BCUT2D eigenvalue weighted by Crippen LogP contribution is 2.15. The highest BCUT2D eigenvalue weighted by molar-refractivity contribution is 9.18. The van der Waals surface area contributed by atoms with E-state index in [1.807, 2.05) is 25.1 Å². The highest BCUT2D eigenvalue weighted by Gasteiger charge is 2.00. The summed E-state index contributed by atoms with van der Waals surface area (Å²) in [5, 5.41) is 2.69. The van der Waals surface area contributed by atoms with Crippen molar-refractivity contribution < 1.29 is 4.79 Å². The molecule has 4 heteroatoms. The molecule has 0 aliphatic carbocycles. The lowest BCUT2D eigenvalue weighted by molar-refractivity contribution is 0.261. The van der Waals surface area contributed by atoms with Crippen LogP contribution in [-0.4, -0.2) is 4.82 Å². The van der Waals surface area contributed by atoms with Crippen LogP contribution in [0.2, 0.25) is 0 Å². The van der Waals surface area contributed by atoms with Crippen molar-refractivity contribution in [2.75, 3.05) is 0 Å². The molecule has 1 aromatic rings. The monoisotopic (exact) mass is 305 g/mol. The molecule has 2 nitrogen and oxygen atoms in total. The first-order valence-corrected chi connectivity index (χ1v) is 5.36. The Morgan fingerprint density at radius 2 is 2.23 bits per heavy atom. The summed E-state index contributed by atoms with van der Waals surface area (Å²) in [6.45, 7) is 2.57. The molecule has 1 aromatic carbocycles. The summed E-state index contributed by atoms with van der Waals surface area (Å²) >= 11 is 6.19. The van der Waals surface area contributed by atoms with Crippen LogP contribution < -0.4 is 5.32 Å². The molecule has 0 fully saturated rings. The molecule has 0 saturated carbocycles. The molecule has 0 spiro atoms. The molecule has 13 heavy (non-hydrogen) atoms. The van der Waals surface area contributed by atoms with Crippen LogP contribution in [0.25, 0.3) is 0 Å². The van der Waals surface area contributed by atoms with Gasteiger partial charge in [0.25, 0.3) is 4.82 Å². The summed E-state index contributed by atoms with van der Waals surface area (Å²) in [4.78, 5) is 10.4. The molecule has 0 atom stereocenters. The normalized spacial score (nSPS) is 9.77. The SMILES string of the molecule is Cc1ccc(Br)cc1CNC(=O)Br. The highest BCUT2D eigenvalue weighted by atomic mass is 79.9. The van der Waals surface area contributed by atoms with Crippen LogP contribution in [0.4, 0.5) is 4.79 Å². The molecule has 70 valence electrons. The van der Waals surface area contributed by atoms with E-state index < -0.39 is 0 Å². The summed E-state index contributed by atoms with van der Waals surface area (Å²) < 4.78 is 1.02. The number of hydrogen-bond acceptors (Lipinski definition) is 1. The second-order valence-electron chi connectivity index (χ2n) is 2.70. The zero-order valence-corrected chi connectivity index (χ0v) is 10.3. The van der Waals surface area contributed by atoms with Crippen molar-refractivity contribution >= 4 is 36.7 Å². The van der Waals surface area contributed by atoms with Crippen LogP contribution in [-0.2, 0) is 6.54 Å². The minimum Gasteiger partial charge on any atom is -0.343 e. The summed E-state index contributed by atoms with van der Waals surface area (Å²) in [5.74, 6) is 0. The van der Waals surface area contributed by atoms with E-state index in [0.29, 0.717) is 6.54 Å². The summed E-state index contributed by atoms with van der Waals surface area (Å²) in [7, 11) is 0. The van der Waals surface area contributed by atoms with E-state index in [1.54, 1.807) is 0 Å². The first-order chi connectivity index (χ1) is 6.09. The number of hydrogen-bond donors (Lipinski definition) is 1. The van der Waals surface area contributed by atoms with Crippen molar-refractivity contribution in [1.82, 2.24) is 5.32 Å². The van der Waals surface area contributed by atoms with Gasteiger partial charge in [-0.05, 0) is 30.2 Å². The number of nitrogens with one attached hydrogen (secondary N) is 1. The van der Waals surface area contributed by atoms with Crippen LogP contribution in [0.15, 0.2) is 22.7 Å². The predicted molar refractivity (Wildman–Crippen MR) is 60.0 cm³/mol. The Bertz CT molecular complexity index is 325. The van der Waals surface area contributed by atoms with Crippen LogP contribution in [0.5, 0.6) is 0 Å². The smallest absolute Gasteiger partial charge is 0.287 e. The quantitative estimate of drug-likeness (QED) is 0.659. The van der Waals surface area contributed by atoms with Gasteiger partial charge in [0.2, 0.25) is 0 Å². The van der Waals surface area contributed by atoms with Crippen molar-refractivity contribution in [3.05, 3.63) is 33.8 Å². The van der Waals surface area contributed by atoms with Gasteiger partial charge in [-0.3, -0.25) is 4.79 Å². The van der Waals surface area contributed by atoms with Gasteiger partial charge in [-0.2, -0.15) is 0 Å². The van der Waals surface area contributed by atoms with Gasteiger partial charge in [0.1, 0.15) is 0 Å². The molecule has 0 heterocycles. The minimum absolute atomic E-state index is 0.188. The summed E-state index contributed by atoms with van der Waals surface area (Å²) in [6.07, 6.45) is 0. The first-order valence-electron chi connectivity index (χ1n) is 3.78. The maximum atomic E-state index is 10.6. The van der Waals surface area contributed by atoms with E-state index in [-0.39, 0.29) is 4.82 Å². The zero-order valence-electron chi connectivity index (χ0n) is 7.10. The molecule has 0 bridgehead atoms. The molecular weight excluding hydrogens is 298 g/mol. The number of halogens is 2. The Balaban J connectivity index is 2.75. The molecule has 0 radical (unpaired) electrons. The van der Waals surface area contributed by atoms with Crippen LogP contribution in [0.1, 0.15) is 11.1 Å². The minimum atomic E-state index is -0.188. The maximum Gasteiger partial charge on any atom is 0.287 e.